The first kappa shape index (κ1) is 11.7. The highest BCUT2D eigenvalue weighted by Crippen LogP contribution is 2.32. The van der Waals surface area contributed by atoms with E-state index in [0.717, 1.165) is 12.8 Å². The summed E-state index contributed by atoms with van der Waals surface area (Å²) in [6.45, 7) is 2.19. The highest BCUT2D eigenvalue weighted by molar-refractivity contribution is 6.30. The van der Waals surface area contributed by atoms with Gasteiger partial charge >= 0.3 is 0 Å². The standard InChI is InChI=1S/C13H17ClFN/c1-2-9-4-3-5-12(9)16-13-8-10(14)6-7-11(13)15/h6-9,12,16H,2-5H2,1H3. The van der Waals surface area contributed by atoms with Crippen molar-refractivity contribution in [3.63, 3.8) is 0 Å². The molecule has 0 heterocycles. The lowest BCUT2D eigenvalue weighted by atomic mass is 10.0. The molecule has 0 aromatic heterocycles. The van der Waals surface area contributed by atoms with Gasteiger partial charge in [-0.05, 0) is 37.0 Å². The Bertz CT molecular complexity index is 367. The molecule has 2 unspecified atom stereocenters. The van der Waals surface area contributed by atoms with Crippen molar-refractivity contribution >= 4 is 17.3 Å². The number of hydrogen-bond acceptors (Lipinski definition) is 1. The van der Waals surface area contributed by atoms with E-state index in [9.17, 15) is 4.39 Å². The Kier molecular flexibility index (Phi) is 3.70. The van der Waals surface area contributed by atoms with Gasteiger partial charge in [-0.1, -0.05) is 31.4 Å². The molecule has 0 saturated heterocycles. The minimum absolute atomic E-state index is 0.217. The first-order valence-electron chi connectivity index (χ1n) is 5.92. The molecule has 1 aromatic rings. The molecule has 0 radical (unpaired) electrons. The van der Waals surface area contributed by atoms with Crippen molar-refractivity contribution < 1.29 is 4.39 Å². The van der Waals surface area contributed by atoms with E-state index in [1.807, 2.05) is 0 Å². The van der Waals surface area contributed by atoms with Crippen molar-refractivity contribution in [2.45, 2.75) is 38.6 Å². The smallest absolute Gasteiger partial charge is 0.146 e. The average Bonchev–Trinajstić information content (AvgIpc) is 2.71. The van der Waals surface area contributed by atoms with Crippen LogP contribution < -0.4 is 5.32 Å². The van der Waals surface area contributed by atoms with E-state index < -0.39 is 0 Å². The minimum atomic E-state index is -0.217. The van der Waals surface area contributed by atoms with Crippen LogP contribution in [0.2, 0.25) is 5.02 Å². The SMILES string of the molecule is CCC1CCCC1Nc1cc(Cl)ccc1F. The summed E-state index contributed by atoms with van der Waals surface area (Å²) in [4.78, 5) is 0. The Morgan fingerprint density at radius 1 is 1.44 bits per heavy atom. The Morgan fingerprint density at radius 2 is 2.25 bits per heavy atom. The number of anilines is 1. The summed E-state index contributed by atoms with van der Waals surface area (Å²) >= 11 is 5.87. The van der Waals surface area contributed by atoms with Gasteiger partial charge < -0.3 is 5.32 Å². The second-order valence-electron chi connectivity index (χ2n) is 4.47. The summed E-state index contributed by atoms with van der Waals surface area (Å²) in [5, 5.41) is 3.87. The molecule has 1 N–H and O–H groups in total. The first-order valence-corrected chi connectivity index (χ1v) is 6.30. The molecule has 88 valence electrons. The Labute approximate surface area is 101 Å². The van der Waals surface area contributed by atoms with Crippen LogP contribution in [0.5, 0.6) is 0 Å². The summed E-state index contributed by atoms with van der Waals surface area (Å²) in [7, 11) is 0. The normalized spacial score (nSPS) is 24.7. The minimum Gasteiger partial charge on any atom is -0.380 e. The molecule has 2 atom stereocenters. The molecule has 0 aliphatic heterocycles. The van der Waals surface area contributed by atoms with Gasteiger partial charge in [-0.2, -0.15) is 0 Å². The van der Waals surface area contributed by atoms with Crippen molar-refractivity contribution in [1.29, 1.82) is 0 Å². The van der Waals surface area contributed by atoms with E-state index in [4.69, 9.17) is 11.6 Å². The number of nitrogens with one attached hydrogen (secondary N) is 1. The quantitative estimate of drug-likeness (QED) is 0.823. The molecule has 1 aliphatic rings. The zero-order valence-electron chi connectivity index (χ0n) is 9.47. The topological polar surface area (TPSA) is 12.0 Å². The van der Waals surface area contributed by atoms with Gasteiger partial charge in [0.15, 0.2) is 0 Å². The van der Waals surface area contributed by atoms with Crippen molar-refractivity contribution in [1.82, 2.24) is 0 Å². The fourth-order valence-corrected chi connectivity index (χ4v) is 2.70. The molecule has 2 rings (SSSR count). The van der Waals surface area contributed by atoms with Gasteiger partial charge in [0.2, 0.25) is 0 Å². The van der Waals surface area contributed by atoms with Crippen LogP contribution in [0.15, 0.2) is 18.2 Å². The van der Waals surface area contributed by atoms with E-state index in [1.165, 1.54) is 18.9 Å². The fourth-order valence-electron chi connectivity index (χ4n) is 2.52. The summed E-state index contributed by atoms with van der Waals surface area (Å²) in [5.41, 5.74) is 0.540. The van der Waals surface area contributed by atoms with Crippen LogP contribution in [0.4, 0.5) is 10.1 Å². The molecule has 1 saturated carbocycles. The van der Waals surface area contributed by atoms with Crippen LogP contribution in [0.3, 0.4) is 0 Å². The molecule has 0 amide bonds. The van der Waals surface area contributed by atoms with E-state index in [2.05, 4.69) is 12.2 Å². The molecular weight excluding hydrogens is 225 g/mol. The third kappa shape index (κ3) is 2.49. The molecule has 3 heteroatoms. The van der Waals surface area contributed by atoms with E-state index >= 15 is 0 Å². The van der Waals surface area contributed by atoms with Crippen molar-refractivity contribution in [3.05, 3.63) is 29.0 Å². The molecule has 1 fully saturated rings. The molecular formula is C13H17ClFN. The number of hydrogen-bond donors (Lipinski definition) is 1. The maximum absolute atomic E-state index is 13.5. The third-order valence-corrected chi connectivity index (χ3v) is 3.69. The molecule has 16 heavy (non-hydrogen) atoms. The van der Waals surface area contributed by atoms with E-state index in [0.29, 0.717) is 22.7 Å². The highest BCUT2D eigenvalue weighted by atomic mass is 35.5. The van der Waals surface area contributed by atoms with Crippen molar-refractivity contribution in [2.24, 2.45) is 5.92 Å². The third-order valence-electron chi connectivity index (χ3n) is 3.45. The zero-order chi connectivity index (χ0) is 11.5. The van der Waals surface area contributed by atoms with E-state index in [-0.39, 0.29) is 5.82 Å². The number of halogens is 2. The Hall–Kier alpha value is -0.760. The maximum Gasteiger partial charge on any atom is 0.146 e. The molecule has 0 bridgehead atoms. The Balaban J connectivity index is 2.11. The summed E-state index contributed by atoms with van der Waals surface area (Å²) in [5.74, 6) is 0.449. The van der Waals surface area contributed by atoms with Gasteiger partial charge in [-0.25, -0.2) is 4.39 Å². The van der Waals surface area contributed by atoms with Gasteiger partial charge in [-0.3, -0.25) is 0 Å². The number of rotatable bonds is 3. The second-order valence-corrected chi connectivity index (χ2v) is 4.91. The second kappa shape index (κ2) is 5.05. The molecule has 0 spiro atoms. The van der Waals surface area contributed by atoms with E-state index in [1.54, 1.807) is 12.1 Å². The van der Waals surface area contributed by atoms with Gasteiger partial charge in [0.25, 0.3) is 0 Å². The van der Waals surface area contributed by atoms with Crippen LogP contribution in [0.1, 0.15) is 32.6 Å². The molecule has 1 aromatic carbocycles. The van der Waals surface area contributed by atoms with Gasteiger partial charge in [0.1, 0.15) is 5.82 Å². The lowest BCUT2D eigenvalue weighted by molar-refractivity contribution is 0.486. The van der Waals surface area contributed by atoms with Gasteiger partial charge in [0.05, 0.1) is 5.69 Å². The Morgan fingerprint density at radius 3 is 3.00 bits per heavy atom. The van der Waals surface area contributed by atoms with Crippen LogP contribution in [-0.2, 0) is 0 Å². The van der Waals surface area contributed by atoms with Crippen molar-refractivity contribution in [2.75, 3.05) is 5.32 Å². The highest BCUT2D eigenvalue weighted by Gasteiger charge is 2.26. The fraction of sp³-hybridized carbons (Fsp3) is 0.538. The van der Waals surface area contributed by atoms with Gasteiger partial charge in [0, 0.05) is 11.1 Å². The van der Waals surface area contributed by atoms with Crippen LogP contribution in [0.25, 0.3) is 0 Å². The van der Waals surface area contributed by atoms with Crippen molar-refractivity contribution in [3.8, 4) is 0 Å². The van der Waals surface area contributed by atoms with Gasteiger partial charge in [-0.15, -0.1) is 0 Å². The molecule has 1 nitrogen and oxygen atoms in total. The number of benzene rings is 1. The summed E-state index contributed by atoms with van der Waals surface area (Å²) in [6.07, 6.45) is 4.76. The predicted octanol–water partition coefficient (Wildman–Crippen LogP) is 4.47. The zero-order valence-corrected chi connectivity index (χ0v) is 10.2. The predicted molar refractivity (Wildman–Crippen MR) is 66.5 cm³/mol. The summed E-state index contributed by atoms with van der Waals surface area (Å²) in [6, 6.07) is 5.06. The summed E-state index contributed by atoms with van der Waals surface area (Å²) < 4.78 is 13.5. The molecule has 1 aliphatic carbocycles. The maximum atomic E-state index is 13.5. The average molecular weight is 242 g/mol. The first-order chi connectivity index (χ1) is 7.70. The largest absolute Gasteiger partial charge is 0.380 e. The van der Waals surface area contributed by atoms with Crippen LogP contribution in [-0.4, -0.2) is 6.04 Å². The van der Waals surface area contributed by atoms with Crippen LogP contribution >= 0.6 is 11.6 Å². The lowest BCUT2D eigenvalue weighted by Gasteiger charge is -2.21. The monoisotopic (exact) mass is 241 g/mol. The lowest BCUT2D eigenvalue weighted by Crippen LogP contribution is -2.23. The van der Waals surface area contributed by atoms with Crippen LogP contribution in [0, 0.1) is 11.7 Å².